The van der Waals surface area contributed by atoms with Gasteiger partial charge in [-0.1, -0.05) is 48.2 Å². The molecule has 0 fully saturated rings. The number of carbonyl (C=O) groups is 1. The maximum Gasteiger partial charge on any atom is 0.264 e. The topological polar surface area (TPSA) is 80.7 Å². The number of benzene rings is 1. The van der Waals surface area contributed by atoms with Crippen LogP contribution in [0.4, 0.5) is 0 Å². The van der Waals surface area contributed by atoms with Crippen molar-refractivity contribution in [2.75, 3.05) is 6.54 Å². The molecule has 3 rings (SSSR count). The van der Waals surface area contributed by atoms with Crippen LogP contribution in [0.1, 0.15) is 34.3 Å². The summed E-state index contributed by atoms with van der Waals surface area (Å²) in [5.41, 5.74) is 2.75. The Kier molecular flexibility index (Phi) is 5.79. The van der Waals surface area contributed by atoms with Gasteiger partial charge >= 0.3 is 0 Å². The zero-order valence-electron chi connectivity index (χ0n) is 14.0. The number of carbonyl (C=O) groups excluding carboxylic acids is 1. The van der Waals surface area contributed by atoms with E-state index in [-0.39, 0.29) is 5.91 Å². The fraction of sp³-hybridized carbons (Fsp3) is 0.278. The minimum atomic E-state index is -0.111. The minimum Gasteiger partial charge on any atom is -0.351 e. The highest BCUT2D eigenvalue weighted by atomic mass is 32.1. The summed E-state index contributed by atoms with van der Waals surface area (Å²) in [6, 6.07) is 9.84. The molecule has 0 aliphatic carbocycles. The van der Waals surface area contributed by atoms with Gasteiger partial charge in [-0.05, 0) is 29.9 Å². The summed E-state index contributed by atoms with van der Waals surface area (Å²) in [7, 11) is 0. The maximum absolute atomic E-state index is 12.2. The third kappa shape index (κ3) is 4.45. The van der Waals surface area contributed by atoms with E-state index in [1.54, 1.807) is 12.4 Å². The molecule has 1 amide bonds. The largest absolute Gasteiger partial charge is 0.351 e. The Labute approximate surface area is 150 Å². The molecule has 0 saturated heterocycles. The van der Waals surface area contributed by atoms with Gasteiger partial charge in [-0.25, -0.2) is 9.97 Å². The molecule has 128 valence electrons. The Bertz CT molecular complexity index is 817. The normalized spacial score (nSPS) is 10.6. The van der Waals surface area contributed by atoms with Crippen molar-refractivity contribution < 1.29 is 4.79 Å². The van der Waals surface area contributed by atoms with E-state index in [2.05, 4.69) is 31.8 Å². The lowest BCUT2D eigenvalue weighted by Gasteiger charge is -2.05. The predicted molar refractivity (Wildman–Crippen MR) is 97.4 cm³/mol. The molecule has 0 spiro atoms. The standard InChI is InChI=1S/C18H19N5OS/c1-2-6-15-16(25-23-22-15)18(24)19-10-9-13-11-20-17(21-12-13)14-7-4-3-5-8-14/h3-5,7-8,11-12H,2,6,9-10H2,1H3,(H,19,24). The smallest absolute Gasteiger partial charge is 0.264 e. The van der Waals surface area contributed by atoms with Gasteiger partial charge in [-0.2, -0.15) is 0 Å². The molecular weight excluding hydrogens is 334 g/mol. The third-order valence-corrected chi connectivity index (χ3v) is 4.45. The van der Waals surface area contributed by atoms with Gasteiger partial charge in [0.2, 0.25) is 0 Å². The number of hydrogen-bond acceptors (Lipinski definition) is 6. The van der Waals surface area contributed by atoms with Gasteiger partial charge in [0.25, 0.3) is 5.91 Å². The minimum absolute atomic E-state index is 0.111. The van der Waals surface area contributed by atoms with E-state index in [1.807, 2.05) is 30.3 Å². The first kappa shape index (κ1) is 17.2. The molecule has 0 saturated carbocycles. The second-order valence-corrected chi connectivity index (χ2v) is 6.34. The van der Waals surface area contributed by atoms with Crippen LogP contribution in [0.25, 0.3) is 11.4 Å². The van der Waals surface area contributed by atoms with Crippen molar-refractivity contribution in [3.05, 3.63) is 58.9 Å². The van der Waals surface area contributed by atoms with E-state index in [1.165, 1.54) is 0 Å². The van der Waals surface area contributed by atoms with Crippen LogP contribution < -0.4 is 5.32 Å². The Morgan fingerprint density at radius 2 is 1.88 bits per heavy atom. The molecule has 7 heteroatoms. The highest BCUT2D eigenvalue weighted by molar-refractivity contribution is 7.08. The monoisotopic (exact) mass is 353 g/mol. The van der Waals surface area contributed by atoms with Gasteiger partial charge in [-0.15, -0.1) is 5.10 Å². The number of amides is 1. The molecule has 0 atom stereocenters. The van der Waals surface area contributed by atoms with Crippen molar-refractivity contribution in [3.8, 4) is 11.4 Å². The Hall–Kier alpha value is -2.67. The summed E-state index contributed by atoms with van der Waals surface area (Å²) in [6.07, 6.45) is 6.00. The van der Waals surface area contributed by atoms with E-state index < -0.39 is 0 Å². The molecular formula is C18H19N5OS. The average Bonchev–Trinajstić information content (AvgIpc) is 3.12. The summed E-state index contributed by atoms with van der Waals surface area (Å²) < 4.78 is 3.88. The van der Waals surface area contributed by atoms with Crippen LogP contribution in [0, 0.1) is 0 Å². The third-order valence-electron chi connectivity index (χ3n) is 3.69. The van der Waals surface area contributed by atoms with E-state index in [4.69, 9.17) is 0 Å². The summed E-state index contributed by atoms with van der Waals surface area (Å²) >= 11 is 1.15. The van der Waals surface area contributed by atoms with Crippen LogP contribution in [0.5, 0.6) is 0 Å². The Balaban J connectivity index is 1.53. The van der Waals surface area contributed by atoms with Crippen LogP contribution >= 0.6 is 11.5 Å². The first-order chi connectivity index (χ1) is 12.3. The van der Waals surface area contributed by atoms with Crippen LogP contribution in [0.2, 0.25) is 0 Å². The van der Waals surface area contributed by atoms with Crippen LogP contribution in [-0.4, -0.2) is 32.0 Å². The average molecular weight is 353 g/mol. The molecule has 6 nitrogen and oxygen atoms in total. The lowest BCUT2D eigenvalue weighted by molar-refractivity contribution is 0.0957. The van der Waals surface area contributed by atoms with Gasteiger partial charge in [0.05, 0.1) is 5.69 Å². The molecule has 2 aromatic heterocycles. The maximum atomic E-state index is 12.2. The number of hydrogen-bond donors (Lipinski definition) is 1. The van der Waals surface area contributed by atoms with Crippen LogP contribution in [0.15, 0.2) is 42.7 Å². The molecule has 0 aliphatic rings. The van der Waals surface area contributed by atoms with Crippen LogP contribution in [0.3, 0.4) is 0 Å². The molecule has 0 radical (unpaired) electrons. The number of aryl methyl sites for hydroxylation is 1. The van der Waals surface area contributed by atoms with Gasteiger partial charge in [0.1, 0.15) is 4.88 Å². The first-order valence-corrected chi connectivity index (χ1v) is 9.01. The number of aromatic nitrogens is 4. The van der Waals surface area contributed by atoms with Gasteiger partial charge < -0.3 is 5.32 Å². The Morgan fingerprint density at radius 3 is 2.60 bits per heavy atom. The fourth-order valence-corrected chi connectivity index (χ4v) is 3.03. The lowest BCUT2D eigenvalue weighted by Crippen LogP contribution is -2.25. The zero-order chi connectivity index (χ0) is 17.5. The van der Waals surface area contributed by atoms with E-state index >= 15 is 0 Å². The van der Waals surface area contributed by atoms with Crippen molar-refractivity contribution in [1.29, 1.82) is 0 Å². The van der Waals surface area contributed by atoms with Crippen molar-refractivity contribution in [1.82, 2.24) is 24.9 Å². The number of nitrogens with one attached hydrogen (secondary N) is 1. The van der Waals surface area contributed by atoms with Crippen LogP contribution in [-0.2, 0) is 12.8 Å². The molecule has 25 heavy (non-hydrogen) atoms. The summed E-state index contributed by atoms with van der Waals surface area (Å²) in [4.78, 5) is 21.6. The Morgan fingerprint density at radius 1 is 1.12 bits per heavy atom. The molecule has 0 bridgehead atoms. The summed E-state index contributed by atoms with van der Waals surface area (Å²) in [5.74, 6) is 0.591. The highest BCUT2D eigenvalue weighted by Gasteiger charge is 2.15. The number of nitrogens with zero attached hydrogens (tertiary/aromatic N) is 4. The number of rotatable bonds is 7. The lowest BCUT2D eigenvalue weighted by atomic mass is 10.2. The van der Waals surface area contributed by atoms with Crippen molar-refractivity contribution in [2.45, 2.75) is 26.2 Å². The molecule has 0 unspecified atom stereocenters. The molecule has 3 aromatic rings. The summed E-state index contributed by atoms with van der Waals surface area (Å²) in [5, 5.41) is 6.93. The van der Waals surface area contributed by atoms with Gasteiger partial charge in [0, 0.05) is 24.5 Å². The molecule has 2 heterocycles. The zero-order valence-corrected chi connectivity index (χ0v) is 14.8. The van der Waals surface area contributed by atoms with Crippen molar-refractivity contribution >= 4 is 17.4 Å². The van der Waals surface area contributed by atoms with E-state index in [0.29, 0.717) is 23.7 Å². The van der Waals surface area contributed by atoms with Gasteiger partial charge in [-0.3, -0.25) is 4.79 Å². The first-order valence-electron chi connectivity index (χ1n) is 8.23. The van der Waals surface area contributed by atoms with Crippen molar-refractivity contribution in [2.24, 2.45) is 0 Å². The van der Waals surface area contributed by atoms with Crippen molar-refractivity contribution in [3.63, 3.8) is 0 Å². The second kappa shape index (κ2) is 8.43. The fourth-order valence-electron chi connectivity index (χ4n) is 2.40. The van der Waals surface area contributed by atoms with E-state index in [9.17, 15) is 4.79 Å². The van der Waals surface area contributed by atoms with Gasteiger partial charge in [0.15, 0.2) is 5.82 Å². The quantitative estimate of drug-likeness (QED) is 0.706. The molecule has 0 aliphatic heterocycles. The molecule has 1 N–H and O–H groups in total. The molecule has 1 aromatic carbocycles. The van der Waals surface area contributed by atoms with E-state index in [0.717, 1.165) is 41.2 Å². The highest BCUT2D eigenvalue weighted by Crippen LogP contribution is 2.14. The predicted octanol–water partition coefficient (Wildman–Crippen LogP) is 2.92. The SMILES string of the molecule is CCCc1nnsc1C(=O)NCCc1cnc(-c2ccccc2)nc1. The second-order valence-electron chi connectivity index (χ2n) is 5.59. The summed E-state index contributed by atoms with van der Waals surface area (Å²) in [6.45, 7) is 2.58.